The lowest BCUT2D eigenvalue weighted by molar-refractivity contribution is 0.0692. The van der Waals surface area contributed by atoms with Crippen LogP contribution in [0.5, 0.6) is 5.75 Å². The molecule has 0 saturated heterocycles. The van der Waals surface area contributed by atoms with Crippen LogP contribution in [0.1, 0.15) is 24.3 Å². The molecule has 2 rings (SSSR count). The highest BCUT2D eigenvalue weighted by molar-refractivity contribution is 6.11. The number of benzene rings is 1. The first kappa shape index (κ1) is 16.0. The van der Waals surface area contributed by atoms with Crippen molar-refractivity contribution in [3.8, 4) is 5.75 Å². The molecule has 1 heterocycles. The molecule has 0 unspecified atom stereocenters. The van der Waals surface area contributed by atoms with Crippen LogP contribution in [-0.4, -0.2) is 50.4 Å². The number of rotatable bonds is 5. The molecule has 0 aliphatic rings. The Hall–Kier alpha value is -2.37. The zero-order chi connectivity index (χ0) is 16.6. The zero-order valence-corrected chi connectivity index (χ0v) is 13.9. The predicted molar refractivity (Wildman–Crippen MR) is 89.7 cm³/mol. The Balaban J connectivity index is 2.81. The van der Waals surface area contributed by atoms with E-state index < -0.39 is 5.97 Å². The molecule has 0 bridgehead atoms. The van der Waals surface area contributed by atoms with Gasteiger partial charge in [-0.15, -0.1) is 0 Å². The normalized spacial score (nSPS) is 11.0. The Labute approximate surface area is 130 Å². The molecule has 120 valence electrons. The zero-order valence-electron chi connectivity index (χ0n) is 13.9. The number of ether oxygens (including phenoxy) is 1. The van der Waals surface area contributed by atoms with Crippen molar-refractivity contribution in [3.63, 3.8) is 0 Å². The van der Waals surface area contributed by atoms with Gasteiger partial charge >= 0.3 is 5.97 Å². The van der Waals surface area contributed by atoms with E-state index in [1.807, 2.05) is 64.0 Å². The second kappa shape index (κ2) is 5.79. The molecule has 6 heteroatoms. The minimum absolute atomic E-state index is 0.0506. The molecule has 1 aromatic carbocycles. The summed E-state index contributed by atoms with van der Waals surface area (Å²) in [4.78, 5) is 18.3. The summed E-state index contributed by atoms with van der Waals surface area (Å²) in [6.07, 6.45) is 0.0506. The third kappa shape index (κ3) is 2.81. The lowest BCUT2D eigenvalue weighted by Crippen LogP contribution is -2.15. The van der Waals surface area contributed by atoms with Crippen molar-refractivity contribution in [2.24, 2.45) is 0 Å². The first-order valence-corrected chi connectivity index (χ1v) is 7.16. The quantitative estimate of drug-likeness (QED) is 0.889. The number of carboxylic acid groups (broad SMARTS) is 1. The molecule has 0 spiro atoms. The smallest absolute Gasteiger partial charge is 0.354 e. The van der Waals surface area contributed by atoms with Crippen LogP contribution in [0.2, 0.25) is 0 Å². The van der Waals surface area contributed by atoms with Gasteiger partial charge in [0.25, 0.3) is 0 Å². The number of nitrogens with zero attached hydrogens (tertiary/aromatic N) is 2. The third-order valence-corrected chi connectivity index (χ3v) is 3.34. The number of fused-ring (bicyclic) bond motifs is 1. The molecule has 0 aliphatic heterocycles. The van der Waals surface area contributed by atoms with Gasteiger partial charge in [-0.25, -0.2) is 4.79 Å². The van der Waals surface area contributed by atoms with Gasteiger partial charge in [-0.2, -0.15) is 0 Å². The molecule has 22 heavy (non-hydrogen) atoms. The Morgan fingerprint density at radius 3 is 2.27 bits per heavy atom. The van der Waals surface area contributed by atoms with E-state index in [0.29, 0.717) is 5.69 Å². The Morgan fingerprint density at radius 2 is 1.82 bits per heavy atom. The number of hydrogen-bond acceptors (Lipinski definition) is 4. The Bertz CT molecular complexity index is 702. The highest BCUT2D eigenvalue weighted by Gasteiger charge is 2.22. The van der Waals surface area contributed by atoms with Gasteiger partial charge in [0.2, 0.25) is 0 Å². The monoisotopic (exact) mass is 305 g/mol. The van der Waals surface area contributed by atoms with Crippen LogP contribution in [0.25, 0.3) is 10.9 Å². The highest BCUT2D eigenvalue weighted by Crippen LogP contribution is 2.39. The van der Waals surface area contributed by atoms with Crippen molar-refractivity contribution < 1.29 is 14.6 Å². The predicted octanol–water partition coefficient (Wildman–Crippen LogP) is 2.79. The SMILES string of the molecule is CC(C)Oc1cc(N(C)C)c2c(N(C)C)c(C(=O)O)[nH]c2c1. The lowest BCUT2D eigenvalue weighted by Gasteiger charge is -2.20. The average molecular weight is 305 g/mol. The van der Waals surface area contributed by atoms with Crippen molar-refractivity contribution in [2.45, 2.75) is 20.0 Å². The summed E-state index contributed by atoms with van der Waals surface area (Å²) in [6.45, 7) is 3.92. The summed E-state index contributed by atoms with van der Waals surface area (Å²) >= 11 is 0. The molecule has 0 aliphatic carbocycles. The number of carboxylic acids is 1. The summed E-state index contributed by atoms with van der Waals surface area (Å²) in [5.41, 5.74) is 2.52. The van der Waals surface area contributed by atoms with Gasteiger partial charge < -0.3 is 24.6 Å². The van der Waals surface area contributed by atoms with Gasteiger partial charge in [0.1, 0.15) is 11.4 Å². The summed E-state index contributed by atoms with van der Waals surface area (Å²) in [6, 6.07) is 3.79. The van der Waals surface area contributed by atoms with E-state index in [4.69, 9.17) is 4.74 Å². The number of carbonyl (C=O) groups is 1. The molecule has 0 saturated carbocycles. The molecule has 0 radical (unpaired) electrons. The number of aromatic nitrogens is 1. The van der Waals surface area contributed by atoms with E-state index in [2.05, 4.69) is 4.98 Å². The average Bonchev–Trinajstić information content (AvgIpc) is 2.76. The maximum atomic E-state index is 11.5. The van der Waals surface area contributed by atoms with Gasteiger partial charge in [0.05, 0.1) is 23.0 Å². The molecule has 2 N–H and O–H groups in total. The standard InChI is InChI=1S/C16H23N3O3/c1-9(2)22-10-7-11-13(12(8-10)18(3)4)15(19(5)6)14(17-11)16(20)21/h7-9,17H,1-6H3,(H,20,21). The molecular formula is C16H23N3O3. The number of aromatic carboxylic acids is 1. The second-order valence-electron chi connectivity index (χ2n) is 5.97. The molecule has 1 aromatic heterocycles. The van der Waals surface area contributed by atoms with E-state index in [1.54, 1.807) is 0 Å². The third-order valence-electron chi connectivity index (χ3n) is 3.34. The van der Waals surface area contributed by atoms with Crippen molar-refractivity contribution >= 4 is 28.2 Å². The van der Waals surface area contributed by atoms with E-state index in [-0.39, 0.29) is 11.8 Å². The number of aromatic amines is 1. The van der Waals surface area contributed by atoms with Crippen LogP contribution in [0.15, 0.2) is 12.1 Å². The minimum Gasteiger partial charge on any atom is -0.491 e. The molecule has 0 fully saturated rings. The lowest BCUT2D eigenvalue weighted by atomic mass is 10.1. The molecule has 0 atom stereocenters. The van der Waals surface area contributed by atoms with E-state index in [0.717, 1.165) is 22.3 Å². The van der Waals surface area contributed by atoms with Gasteiger partial charge in [0, 0.05) is 45.7 Å². The fraction of sp³-hybridized carbons (Fsp3) is 0.438. The van der Waals surface area contributed by atoms with E-state index >= 15 is 0 Å². The fourth-order valence-corrected chi connectivity index (χ4v) is 2.56. The summed E-state index contributed by atoms with van der Waals surface area (Å²) in [7, 11) is 7.54. The Kier molecular flexibility index (Phi) is 4.21. The van der Waals surface area contributed by atoms with E-state index in [9.17, 15) is 9.90 Å². The number of hydrogen-bond donors (Lipinski definition) is 2. The maximum Gasteiger partial charge on any atom is 0.354 e. The van der Waals surface area contributed by atoms with Gasteiger partial charge in [-0.05, 0) is 13.8 Å². The number of H-pyrrole nitrogens is 1. The number of anilines is 2. The van der Waals surface area contributed by atoms with Gasteiger partial charge in [-0.1, -0.05) is 0 Å². The van der Waals surface area contributed by atoms with Crippen LogP contribution < -0.4 is 14.5 Å². The summed E-state index contributed by atoms with van der Waals surface area (Å²) in [5.74, 6) is -0.259. The van der Waals surface area contributed by atoms with Crippen LogP contribution in [0.4, 0.5) is 11.4 Å². The first-order valence-electron chi connectivity index (χ1n) is 7.16. The molecule has 6 nitrogen and oxygen atoms in total. The van der Waals surface area contributed by atoms with Gasteiger partial charge in [-0.3, -0.25) is 0 Å². The molecular weight excluding hydrogens is 282 g/mol. The van der Waals surface area contributed by atoms with Crippen LogP contribution >= 0.6 is 0 Å². The summed E-state index contributed by atoms with van der Waals surface area (Å²) < 4.78 is 5.78. The van der Waals surface area contributed by atoms with Crippen LogP contribution in [0.3, 0.4) is 0 Å². The summed E-state index contributed by atoms with van der Waals surface area (Å²) in [5, 5.41) is 10.3. The van der Waals surface area contributed by atoms with Crippen molar-refractivity contribution in [1.82, 2.24) is 4.98 Å². The van der Waals surface area contributed by atoms with Crippen molar-refractivity contribution in [3.05, 3.63) is 17.8 Å². The maximum absolute atomic E-state index is 11.5. The minimum atomic E-state index is -0.976. The second-order valence-corrected chi connectivity index (χ2v) is 5.97. The topological polar surface area (TPSA) is 68.8 Å². The largest absolute Gasteiger partial charge is 0.491 e. The first-order chi connectivity index (χ1) is 10.2. The van der Waals surface area contributed by atoms with Gasteiger partial charge in [0.15, 0.2) is 0 Å². The Morgan fingerprint density at radius 1 is 1.18 bits per heavy atom. The van der Waals surface area contributed by atoms with Crippen LogP contribution in [-0.2, 0) is 0 Å². The molecule has 2 aromatic rings. The van der Waals surface area contributed by atoms with E-state index in [1.165, 1.54) is 0 Å². The van der Waals surface area contributed by atoms with Crippen LogP contribution in [0, 0.1) is 0 Å². The number of nitrogens with one attached hydrogen (secondary N) is 1. The van der Waals surface area contributed by atoms with Crippen molar-refractivity contribution in [2.75, 3.05) is 38.0 Å². The fourth-order valence-electron chi connectivity index (χ4n) is 2.56. The highest BCUT2D eigenvalue weighted by atomic mass is 16.5. The molecule has 0 amide bonds. The van der Waals surface area contributed by atoms with Crippen molar-refractivity contribution in [1.29, 1.82) is 0 Å².